The van der Waals surface area contributed by atoms with Gasteiger partial charge in [0.15, 0.2) is 9.84 Å². The van der Waals surface area contributed by atoms with E-state index in [1.165, 1.54) is 11.3 Å². The van der Waals surface area contributed by atoms with Crippen LogP contribution in [0.2, 0.25) is 0 Å². The Balaban J connectivity index is 2.24. The van der Waals surface area contributed by atoms with Gasteiger partial charge in [-0.3, -0.25) is 4.79 Å². The molecule has 120 valence electrons. The van der Waals surface area contributed by atoms with Crippen LogP contribution in [-0.4, -0.2) is 43.3 Å². The zero-order valence-corrected chi connectivity index (χ0v) is 14.7. The first kappa shape index (κ1) is 17.0. The summed E-state index contributed by atoms with van der Waals surface area (Å²) < 4.78 is 24.7. The second kappa shape index (κ2) is 6.79. The molecule has 0 aliphatic carbocycles. The summed E-state index contributed by atoms with van der Waals surface area (Å²) in [6, 6.07) is 9.40. The van der Waals surface area contributed by atoms with Crippen molar-refractivity contribution in [2.45, 2.75) is 26.8 Å². The Morgan fingerprint density at radius 1 is 1.27 bits per heavy atom. The van der Waals surface area contributed by atoms with Crippen LogP contribution in [0.5, 0.6) is 0 Å². The Morgan fingerprint density at radius 2 is 1.95 bits per heavy atom. The number of hydrogen-bond donors (Lipinski definition) is 0. The van der Waals surface area contributed by atoms with E-state index in [4.69, 9.17) is 0 Å². The maximum Gasteiger partial charge on any atom is 0.264 e. The molecule has 0 bridgehead atoms. The largest absolute Gasteiger partial charge is 0.335 e. The minimum absolute atomic E-state index is 0.00791. The number of thiophene rings is 1. The van der Waals surface area contributed by atoms with E-state index in [2.05, 4.69) is 0 Å². The zero-order valence-electron chi connectivity index (χ0n) is 13.1. The minimum Gasteiger partial charge on any atom is -0.335 e. The van der Waals surface area contributed by atoms with Crippen LogP contribution < -0.4 is 0 Å². The predicted molar refractivity (Wildman–Crippen MR) is 92.3 cm³/mol. The quantitative estimate of drug-likeness (QED) is 0.812. The first-order valence-corrected chi connectivity index (χ1v) is 10.0. The van der Waals surface area contributed by atoms with Crippen molar-refractivity contribution in [3.63, 3.8) is 0 Å². The van der Waals surface area contributed by atoms with Crippen molar-refractivity contribution in [1.29, 1.82) is 0 Å². The van der Waals surface area contributed by atoms with Gasteiger partial charge in [-0.05, 0) is 31.4 Å². The van der Waals surface area contributed by atoms with E-state index >= 15 is 0 Å². The number of amides is 1. The van der Waals surface area contributed by atoms with Crippen LogP contribution in [0.15, 0.2) is 30.3 Å². The zero-order chi connectivity index (χ0) is 16.3. The minimum atomic E-state index is -3.10. The third kappa shape index (κ3) is 3.67. The summed E-state index contributed by atoms with van der Waals surface area (Å²) in [5.41, 5.74) is 0. The number of carbonyl (C=O) groups is 1. The fourth-order valence-corrected chi connectivity index (χ4v) is 4.63. The summed E-state index contributed by atoms with van der Waals surface area (Å²) >= 11 is 1.45. The molecule has 0 aliphatic heterocycles. The fraction of sp³-hybridized carbons (Fsp3) is 0.438. The predicted octanol–water partition coefficient (Wildman–Crippen LogP) is 3.19. The summed E-state index contributed by atoms with van der Waals surface area (Å²) in [6.45, 7) is 5.79. The van der Waals surface area contributed by atoms with E-state index < -0.39 is 9.84 Å². The molecule has 0 aliphatic rings. The van der Waals surface area contributed by atoms with Crippen LogP contribution in [0.25, 0.3) is 10.1 Å². The maximum atomic E-state index is 12.7. The van der Waals surface area contributed by atoms with Crippen molar-refractivity contribution in [3.05, 3.63) is 35.2 Å². The molecule has 1 amide bonds. The molecular formula is C16H21NO3S2. The summed E-state index contributed by atoms with van der Waals surface area (Å²) in [5, 5.41) is 1.04. The summed E-state index contributed by atoms with van der Waals surface area (Å²) in [7, 11) is -3.10. The lowest BCUT2D eigenvalue weighted by Gasteiger charge is -2.27. The summed E-state index contributed by atoms with van der Waals surface area (Å²) in [5.74, 6) is 0.0162. The third-order valence-electron chi connectivity index (χ3n) is 3.70. The smallest absolute Gasteiger partial charge is 0.264 e. The Hall–Kier alpha value is -1.40. The fourth-order valence-electron chi connectivity index (χ4n) is 2.46. The van der Waals surface area contributed by atoms with Gasteiger partial charge in [-0.25, -0.2) is 8.42 Å². The molecule has 22 heavy (non-hydrogen) atoms. The summed E-state index contributed by atoms with van der Waals surface area (Å²) in [4.78, 5) is 15.0. The normalized spacial score (nSPS) is 13.2. The molecule has 6 heteroatoms. The van der Waals surface area contributed by atoms with Crippen LogP contribution in [0.4, 0.5) is 0 Å². The molecule has 1 atom stereocenters. The lowest BCUT2D eigenvalue weighted by molar-refractivity contribution is 0.0724. The van der Waals surface area contributed by atoms with Crippen molar-refractivity contribution in [2.75, 3.05) is 18.1 Å². The van der Waals surface area contributed by atoms with Crippen molar-refractivity contribution in [3.8, 4) is 0 Å². The van der Waals surface area contributed by atoms with Crippen molar-refractivity contribution >= 4 is 37.2 Å². The molecule has 2 aromatic rings. The number of nitrogens with zero attached hydrogens (tertiary/aromatic N) is 1. The standard InChI is InChI=1S/C16H21NO3S2/c1-4-17(12(3)11-22(19,20)5-2)16(18)15-10-13-8-6-7-9-14(13)21-15/h6-10,12H,4-5,11H2,1-3H3/t12-/m1/s1. The van der Waals surface area contributed by atoms with Crippen LogP contribution in [-0.2, 0) is 9.84 Å². The first-order valence-electron chi connectivity index (χ1n) is 7.38. The van der Waals surface area contributed by atoms with Crippen LogP contribution in [0.1, 0.15) is 30.4 Å². The molecule has 2 rings (SSSR count). The molecule has 1 heterocycles. The molecule has 0 N–H and O–H groups in total. The highest BCUT2D eigenvalue weighted by atomic mass is 32.2. The average Bonchev–Trinajstić information content (AvgIpc) is 2.91. The number of fused-ring (bicyclic) bond motifs is 1. The van der Waals surface area contributed by atoms with Crippen LogP contribution in [0.3, 0.4) is 0 Å². The van der Waals surface area contributed by atoms with Gasteiger partial charge < -0.3 is 4.90 Å². The highest BCUT2D eigenvalue weighted by molar-refractivity contribution is 7.91. The number of hydrogen-bond acceptors (Lipinski definition) is 4. The van der Waals surface area contributed by atoms with Crippen molar-refractivity contribution in [2.24, 2.45) is 0 Å². The second-order valence-corrected chi connectivity index (χ2v) is 8.77. The number of benzene rings is 1. The molecule has 0 saturated carbocycles. The lowest BCUT2D eigenvalue weighted by atomic mass is 10.2. The van der Waals surface area contributed by atoms with Gasteiger partial charge in [0, 0.05) is 23.0 Å². The van der Waals surface area contributed by atoms with E-state index in [-0.39, 0.29) is 23.5 Å². The van der Waals surface area contributed by atoms with Crippen molar-refractivity contribution < 1.29 is 13.2 Å². The first-order chi connectivity index (χ1) is 10.4. The van der Waals surface area contributed by atoms with Gasteiger partial charge in [0.05, 0.1) is 10.6 Å². The highest BCUT2D eigenvalue weighted by Crippen LogP contribution is 2.26. The Morgan fingerprint density at radius 3 is 2.55 bits per heavy atom. The molecule has 0 fully saturated rings. The van der Waals surface area contributed by atoms with Crippen LogP contribution in [0, 0.1) is 0 Å². The van der Waals surface area contributed by atoms with Gasteiger partial charge in [-0.1, -0.05) is 25.1 Å². The van der Waals surface area contributed by atoms with E-state index in [0.717, 1.165) is 10.1 Å². The van der Waals surface area contributed by atoms with Gasteiger partial charge in [0.2, 0.25) is 0 Å². The Bertz CT molecular complexity index is 732. The van der Waals surface area contributed by atoms with E-state index in [1.54, 1.807) is 18.7 Å². The van der Waals surface area contributed by atoms with E-state index in [1.807, 2.05) is 37.3 Å². The lowest BCUT2D eigenvalue weighted by Crippen LogP contribution is -2.42. The number of sulfone groups is 1. The SMILES string of the molecule is CCN(C(=O)c1cc2ccccc2s1)[C@H](C)CS(=O)(=O)CC. The average molecular weight is 339 g/mol. The molecule has 0 unspecified atom stereocenters. The molecule has 1 aromatic carbocycles. The monoisotopic (exact) mass is 339 g/mol. The highest BCUT2D eigenvalue weighted by Gasteiger charge is 2.25. The number of carbonyl (C=O) groups excluding carboxylic acids is 1. The van der Waals surface area contributed by atoms with E-state index in [9.17, 15) is 13.2 Å². The Kier molecular flexibility index (Phi) is 5.24. The van der Waals surface area contributed by atoms with Gasteiger partial charge in [0.1, 0.15) is 0 Å². The Labute approximate surface area is 135 Å². The van der Waals surface area contributed by atoms with Gasteiger partial charge in [-0.2, -0.15) is 0 Å². The second-order valence-electron chi connectivity index (χ2n) is 5.29. The molecule has 1 aromatic heterocycles. The van der Waals surface area contributed by atoms with Crippen LogP contribution >= 0.6 is 11.3 Å². The molecule has 0 saturated heterocycles. The summed E-state index contributed by atoms with van der Waals surface area (Å²) in [6.07, 6.45) is 0. The maximum absolute atomic E-state index is 12.7. The molecule has 0 radical (unpaired) electrons. The van der Waals surface area contributed by atoms with Gasteiger partial charge >= 0.3 is 0 Å². The molecular weight excluding hydrogens is 318 g/mol. The van der Waals surface area contributed by atoms with Crippen molar-refractivity contribution in [1.82, 2.24) is 4.90 Å². The van der Waals surface area contributed by atoms with E-state index in [0.29, 0.717) is 11.4 Å². The topological polar surface area (TPSA) is 54.5 Å². The molecule has 4 nitrogen and oxygen atoms in total. The van der Waals surface area contributed by atoms with Gasteiger partial charge in [-0.15, -0.1) is 11.3 Å². The molecule has 0 spiro atoms. The number of rotatable bonds is 6. The third-order valence-corrected chi connectivity index (χ3v) is 6.68. The van der Waals surface area contributed by atoms with Gasteiger partial charge in [0.25, 0.3) is 5.91 Å².